The maximum Gasteiger partial charge on any atom is 1.00 e. The van der Waals surface area contributed by atoms with Crippen LogP contribution < -0.4 is 10.2 Å². The molecule has 1 aromatic rings. The van der Waals surface area contributed by atoms with Gasteiger partial charge in [-0.2, -0.15) is 6.08 Å². The molecule has 0 bridgehead atoms. The molecule has 7 heteroatoms. The Balaban J connectivity index is 0.000000220. The molecule has 4 aliphatic carbocycles. The van der Waals surface area contributed by atoms with E-state index < -0.39 is 7.92 Å². The van der Waals surface area contributed by atoms with Crippen LogP contribution in [0.1, 0.15) is 83.5 Å². The van der Waals surface area contributed by atoms with Crippen LogP contribution >= 0.6 is 20.4 Å². The third kappa shape index (κ3) is 10.0. The molecule has 0 radical (unpaired) electrons. The molecule has 0 heterocycles. The maximum atomic E-state index is 11.8. The van der Waals surface area contributed by atoms with Crippen LogP contribution in [0.2, 0.25) is 0 Å². The van der Waals surface area contributed by atoms with Crippen LogP contribution in [0.3, 0.4) is 0 Å². The van der Waals surface area contributed by atoms with Crippen molar-refractivity contribution in [3.05, 3.63) is 78.3 Å². The minimum Gasteiger partial charge on any atom is -0.481 e. The molecule has 0 aliphatic heterocycles. The van der Waals surface area contributed by atoms with Gasteiger partial charge in [0, 0.05) is 40.6 Å². The van der Waals surface area contributed by atoms with Crippen LogP contribution in [0.5, 0.6) is 0 Å². The molecule has 0 aromatic heterocycles. The molecule has 218 valence electrons. The van der Waals surface area contributed by atoms with Gasteiger partial charge in [0.1, 0.15) is 16.8 Å². The molecule has 0 N–H and O–H groups in total. The van der Waals surface area contributed by atoms with E-state index in [1.54, 1.807) is 11.4 Å². The van der Waals surface area contributed by atoms with Gasteiger partial charge >= 0.3 is 22.4 Å². The van der Waals surface area contributed by atoms with E-state index in [-0.39, 0.29) is 34.8 Å². The summed E-state index contributed by atoms with van der Waals surface area (Å²) < 4.78 is 22.2. The van der Waals surface area contributed by atoms with Gasteiger partial charge in [0.2, 0.25) is 0 Å². The van der Waals surface area contributed by atoms with Gasteiger partial charge < -0.3 is 13.8 Å². The van der Waals surface area contributed by atoms with E-state index in [4.69, 9.17) is 8.92 Å². The fraction of sp³-hybridized carbons (Fsp3) is 0.531. The number of rotatable bonds is 8. The summed E-state index contributed by atoms with van der Waals surface area (Å²) in [5.74, 6) is 2.39. The predicted octanol–water partition coefficient (Wildman–Crippen LogP) is 9.42. The number of hydrogen-bond acceptors (Lipinski definition) is 4. The standard InChI is InChI=1S/C20H32NP.C12H12FO2S.Au/c1-21(2)19-15-9-10-16-20(19)22(17-11-5-3-6-12-17)18-13-7-4-8-14-18;13-16-15-12-8-6-11(7-9-12)14-10-4-2-1-3-5-10;/h9-10,15-18H,3-8,11-14H2,1-2H3;1-2,4-6,8H,3,7,9H2;/q;-1;+1/p+1. The SMILES string of the molecule is CN(C)c1ccccc1[PH+](C1CCCCC1)C1CCCCC1.FSOC1=CC=C(OC2=CC[CH-]C=C2)CC1.[Au+]. The quantitative estimate of drug-likeness (QED) is 0.114. The van der Waals surface area contributed by atoms with Gasteiger partial charge in [-0.1, -0.05) is 37.5 Å². The van der Waals surface area contributed by atoms with Gasteiger partial charge in [0.15, 0.2) is 0 Å². The Morgan fingerprint density at radius 1 is 0.897 bits per heavy atom. The maximum absolute atomic E-state index is 11.8. The van der Waals surface area contributed by atoms with E-state index in [9.17, 15) is 3.89 Å². The number of halogens is 1. The van der Waals surface area contributed by atoms with Crippen molar-refractivity contribution in [3.8, 4) is 0 Å². The number of benzene rings is 1. The number of ether oxygens (including phenoxy) is 1. The van der Waals surface area contributed by atoms with Crippen LogP contribution in [0, 0.1) is 6.42 Å². The van der Waals surface area contributed by atoms with Crippen molar-refractivity contribution in [2.75, 3.05) is 19.0 Å². The monoisotopic (exact) mass is 754 g/mol. The second-order valence-corrected chi connectivity index (χ2v) is 14.4. The summed E-state index contributed by atoms with van der Waals surface area (Å²) in [5, 5.41) is 1.75. The first-order chi connectivity index (χ1) is 18.7. The second-order valence-electron chi connectivity index (χ2n) is 11.0. The van der Waals surface area contributed by atoms with Crippen LogP contribution in [0.25, 0.3) is 0 Å². The van der Waals surface area contributed by atoms with Crippen molar-refractivity contribution in [1.29, 1.82) is 0 Å². The fourth-order valence-corrected chi connectivity index (χ4v) is 10.9. The number of anilines is 1. The van der Waals surface area contributed by atoms with Crippen LogP contribution in [0.4, 0.5) is 9.57 Å². The number of nitrogens with zero attached hydrogens (tertiary/aromatic N) is 1. The predicted molar refractivity (Wildman–Crippen MR) is 165 cm³/mol. The van der Waals surface area contributed by atoms with Gasteiger partial charge in [-0.15, -0.1) is 3.89 Å². The van der Waals surface area contributed by atoms with E-state index in [2.05, 4.69) is 49.7 Å². The average Bonchev–Trinajstić information content (AvgIpc) is 2.97. The molecule has 0 spiro atoms. The van der Waals surface area contributed by atoms with Crippen molar-refractivity contribution < 1.29 is 35.2 Å². The van der Waals surface area contributed by atoms with E-state index >= 15 is 0 Å². The Labute approximate surface area is 257 Å². The number of allylic oxidation sites excluding steroid dienone is 7. The molecule has 3 nitrogen and oxygen atoms in total. The van der Waals surface area contributed by atoms with Crippen molar-refractivity contribution in [2.24, 2.45) is 0 Å². The zero-order valence-corrected chi connectivity index (χ0v) is 27.5. The van der Waals surface area contributed by atoms with Crippen LogP contribution in [0.15, 0.2) is 71.9 Å². The Morgan fingerprint density at radius 3 is 2.05 bits per heavy atom. The summed E-state index contributed by atoms with van der Waals surface area (Å²) in [5.41, 5.74) is 3.57. The minimum atomic E-state index is -0.439. The molecule has 5 rings (SSSR count). The first kappa shape index (κ1) is 32.4. The smallest absolute Gasteiger partial charge is 0.481 e. The Kier molecular flexibility index (Phi) is 14.7. The van der Waals surface area contributed by atoms with E-state index in [0.29, 0.717) is 12.2 Å². The molecule has 0 atom stereocenters. The summed E-state index contributed by atoms with van der Waals surface area (Å²) in [6.07, 6.45) is 28.8. The molecule has 0 amide bonds. The Bertz CT molecular complexity index is 982. The topological polar surface area (TPSA) is 21.7 Å². The van der Waals surface area contributed by atoms with Crippen LogP contribution in [-0.4, -0.2) is 25.4 Å². The van der Waals surface area contributed by atoms with E-state index in [0.717, 1.165) is 35.7 Å². The summed E-state index contributed by atoms with van der Waals surface area (Å²) >= 11 is -0.120. The Hall–Kier alpha value is -1.10. The number of hydrogen-bond donors (Lipinski definition) is 0. The summed E-state index contributed by atoms with van der Waals surface area (Å²) in [7, 11) is 4.01. The third-order valence-electron chi connectivity index (χ3n) is 8.10. The Morgan fingerprint density at radius 2 is 1.51 bits per heavy atom. The van der Waals surface area contributed by atoms with Gasteiger partial charge in [0.25, 0.3) is 12.4 Å². The molecule has 4 aliphatic rings. The fourth-order valence-electron chi connectivity index (χ4n) is 6.22. The zero-order chi connectivity index (χ0) is 26.6. The molecule has 2 saturated carbocycles. The van der Waals surface area contributed by atoms with E-state index in [1.807, 2.05) is 24.3 Å². The molecular formula is C32H45AuFNO2PS+. The first-order valence-corrected chi connectivity index (χ1v) is 16.8. The summed E-state index contributed by atoms with van der Waals surface area (Å²) in [6, 6.07) is 9.34. The van der Waals surface area contributed by atoms with Crippen molar-refractivity contribution in [2.45, 2.75) is 94.8 Å². The van der Waals surface area contributed by atoms with Gasteiger partial charge in [-0.05, 0) is 75.7 Å². The van der Waals surface area contributed by atoms with E-state index in [1.165, 1.54) is 69.9 Å². The largest absolute Gasteiger partial charge is 1.00 e. The normalized spacial score (nSPS) is 19.8. The zero-order valence-electron chi connectivity index (χ0n) is 23.5. The van der Waals surface area contributed by atoms with Crippen LogP contribution in [-0.2, 0) is 31.3 Å². The van der Waals surface area contributed by atoms with Crippen molar-refractivity contribution >= 4 is 31.3 Å². The molecule has 0 unspecified atom stereocenters. The average molecular weight is 755 g/mol. The van der Waals surface area contributed by atoms with Gasteiger partial charge in [-0.25, -0.2) is 12.5 Å². The van der Waals surface area contributed by atoms with Crippen molar-refractivity contribution in [1.82, 2.24) is 0 Å². The minimum absolute atomic E-state index is 0. The second kappa shape index (κ2) is 17.7. The molecule has 39 heavy (non-hydrogen) atoms. The molecule has 1 aromatic carbocycles. The van der Waals surface area contributed by atoms with Gasteiger partial charge in [-0.3, -0.25) is 0 Å². The summed E-state index contributed by atoms with van der Waals surface area (Å²) in [4.78, 5) is 2.35. The van der Waals surface area contributed by atoms with Gasteiger partial charge in [0.05, 0.1) is 17.0 Å². The molecule has 2 fully saturated rings. The first-order valence-electron chi connectivity index (χ1n) is 14.5. The molecular weight excluding hydrogens is 709 g/mol. The number of para-hydroxylation sites is 1. The third-order valence-corrected chi connectivity index (χ3v) is 12.3. The summed E-state index contributed by atoms with van der Waals surface area (Å²) in [6.45, 7) is 0. The molecule has 0 saturated heterocycles. The van der Waals surface area contributed by atoms with Crippen molar-refractivity contribution in [3.63, 3.8) is 0 Å².